The molecule has 3 aliphatic rings. The summed E-state index contributed by atoms with van der Waals surface area (Å²) in [5.41, 5.74) is 2.03. The van der Waals surface area contributed by atoms with Crippen LogP contribution in [0.2, 0.25) is 5.02 Å². The van der Waals surface area contributed by atoms with Crippen LogP contribution in [0.3, 0.4) is 0 Å². The zero-order valence-electron chi connectivity index (χ0n) is 21.4. The van der Waals surface area contributed by atoms with Crippen LogP contribution in [0.1, 0.15) is 38.0 Å². The predicted octanol–water partition coefficient (Wildman–Crippen LogP) is 4.92. The lowest BCUT2D eigenvalue weighted by Crippen LogP contribution is -2.46. The van der Waals surface area contributed by atoms with E-state index in [4.69, 9.17) is 11.6 Å². The SMILES string of the molecule is CC(=O)c1ccc(N2C(=O)[C@@H]3[C@H](C2=O)[C@H](C(=O)c2ccc(Cl)cc2)N2C=CC(C(=O)c4ccccc4)=C[C@@H]32)cc1. The molecule has 3 aromatic carbocycles. The van der Waals surface area contributed by atoms with Crippen molar-refractivity contribution in [3.63, 3.8) is 0 Å². The van der Waals surface area contributed by atoms with Crippen molar-refractivity contribution in [3.8, 4) is 0 Å². The first-order valence-electron chi connectivity index (χ1n) is 12.8. The molecule has 3 aliphatic heterocycles. The van der Waals surface area contributed by atoms with E-state index in [-0.39, 0.29) is 17.3 Å². The molecule has 3 heterocycles. The first-order valence-corrected chi connectivity index (χ1v) is 13.2. The molecule has 8 heteroatoms. The number of benzene rings is 3. The third kappa shape index (κ3) is 4.10. The maximum atomic E-state index is 13.9. The highest BCUT2D eigenvalue weighted by Crippen LogP contribution is 2.47. The molecule has 0 unspecified atom stereocenters. The number of rotatable bonds is 6. The van der Waals surface area contributed by atoms with Crippen LogP contribution in [0, 0.1) is 11.8 Å². The van der Waals surface area contributed by atoms with Crippen LogP contribution in [-0.4, -0.2) is 46.1 Å². The monoisotopic (exact) mass is 550 g/mol. The molecule has 3 aromatic rings. The van der Waals surface area contributed by atoms with Crippen LogP contribution >= 0.6 is 11.6 Å². The Morgan fingerprint density at radius 3 is 2.02 bits per heavy atom. The van der Waals surface area contributed by atoms with Crippen LogP contribution in [-0.2, 0) is 9.59 Å². The van der Waals surface area contributed by atoms with Gasteiger partial charge >= 0.3 is 0 Å². The number of allylic oxidation sites excluding steroid dienone is 2. The van der Waals surface area contributed by atoms with Gasteiger partial charge in [0, 0.05) is 33.5 Å². The topological polar surface area (TPSA) is 91.8 Å². The average Bonchev–Trinajstić information content (AvgIpc) is 3.44. The van der Waals surface area contributed by atoms with Gasteiger partial charge in [0.25, 0.3) is 0 Å². The molecule has 198 valence electrons. The number of halogens is 1. The number of imide groups is 1. The van der Waals surface area contributed by atoms with E-state index in [2.05, 4.69) is 0 Å². The van der Waals surface area contributed by atoms with Crippen molar-refractivity contribution in [1.82, 2.24) is 4.90 Å². The van der Waals surface area contributed by atoms with Gasteiger partial charge in [-0.05, 0) is 61.5 Å². The van der Waals surface area contributed by atoms with Crippen molar-refractivity contribution < 1.29 is 24.0 Å². The number of anilines is 1. The molecule has 0 bridgehead atoms. The van der Waals surface area contributed by atoms with Crippen molar-refractivity contribution in [1.29, 1.82) is 0 Å². The number of hydrogen-bond acceptors (Lipinski definition) is 6. The van der Waals surface area contributed by atoms with E-state index in [9.17, 15) is 24.0 Å². The van der Waals surface area contributed by atoms with Crippen molar-refractivity contribution >= 4 is 46.5 Å². The van der Waals surface area contributed by atoms with Crippen LogP contribution in [0.15, 0.2) is 103 Å². The number of fused-ring (bicyclic) bond motifs is 3. The lowest BCUT2D eigenvalue weighted by Gasteiger charge is -2.32. The van der Waals surface area contributed by atoms with Gasteiger partial charge in [-0.15, -0.1) is 0 Å². The Balaban J connectivity index is 1.42. The Morgan fingerprint density at radius 1 is 0.750 bits per heavy atom. The summed E-state index contributed by atoms with van der Waals surface area (Å²) in [5, 5.41) is 0.468. The van der Waals surface area contributed by atoms with E-state index in [1.165, 1.54) is 6.92 Å². The van der Waals surface area contributed by atoms with Crippen LogP contribution in [0.25, 0.3) is 0 Å². The minimum atomic E-state index is -0.972. The fourth-order valence-corrected chi connectivity index (χ4v) is 5.96. The van der Waals surface area contributed by atoms with Gasteiger partial charge in [-0.2, -0.15) is 0 Å². The number of nitrogens with zero attached hydrogens (tertiary/aromatic N) is 2. The van der Waals surface area contributed by atoms with E-state index in [0.29, 0.717) is 33.0 Å². The number of amides is 2. The molecular formula is C32H23ClN2O5. The largest absolute Gasteiger partial charge is 0.359 e. The third-order valence-corrected chi connectivity index (χ3v) is 8.03. The standard InChI is InChI=1S/C32H23ClN2O5/c1-18(36)19-9-13-24(14-10-19)35-31(39)26-25-17-22(29(37)20-5-3-2-4-6-20)15-16-34(25)28(27(26)32(35)40)30(38)21-7-11-23(33)12-8-21/h2-17,25-28H,1H3/t25-,26-,27-,28+/m0/s1. The molecule has 2 fully saturated rings. The Kier molecular flexibility index (Phi) is 6.31. The predicted molar refractivity (Wildman–Crippen MR) is 149 cm³/mol. The average molecular weight is 551 g/mol. The van der Waals surface area contributed by atoms with Crippen LogP contribution in [0.4, 0.5) is 5.69 Å². The lowest BCUT2D eigenvalue weighted by molar-refractivity contribution is -0.123. The van der Waals surface area contributed by atoms with Crippen LogP contribution < -0.4 is 4.90 Å². The molecule has 2 saturated heterocycles. The number of carbonyl (C=O) groups excluding carboxylic acids is 5. The molecule has 7 nitrogen and oxygen atoms in total. The Hall–Kier alpha value is -4.62. The maximum absolute atomic E-state index is 13.9. The highest BCUT2D eigenvalue weighted by Gasteiger charge is 2.63. The van der Waals surface area contributed by atoms with Gasteiger partial charge in [-0.1, -0.05) is 48.0 Å². The normalized spacial score (nSPS) is 23.1. The van der Waals surface area contributed by atoms with E-state index in [1.54, 1.807) is 96.0 Å². The quantitative estimate of drug-likeness (QED) is 0.319. The summed E-state index contributed by atoms with van der Waals surface area (Å²) in [4.78, 5) is 69.5. The molecule has 6 rings (SSSR count). The molecular weight excluding hydrogens is 528 g/mol. The van der Waals surface area contributed by atoms with Gasteiger partial charge in [0.15, 0.2) is 17.3 Å². The Morgan fingerprint density at radius 2 is 1.38 bits per heavy atom. The van der Waals surface area contributed by atoms with Gasteiger partial charge in [-0.3, -0.25) is 24.0 Å². The minimum absolute atomic E-state index is 0.137. The lowest BCUT2D eigenvalue weighted by atomic mass is 9.85. The fourth-order valence-electron chi connectivity index (χ4n) is 5.84. The number of carbonyl (C=O) groups is 5. The summed E-state index contributed by atoms with van der Waals surface area (Å²) >= 11 is 6.03. The second-order valence-corrected chi connectivity index (χ2v) is 10.5. The maximum Gasteiger partial charge on any atom is 0.240 e. The molecule has 0 saturated carbocycles. The summed E-state index contributed by atoms with van der Waals surface area (Å²) in [7, 11) is 0. The summed E-state index contributed by atoms with van der Waals surface area (Å²) in [6.45, 7) is 1.43. The zero-order valence-corrected chi connectivity index (χ0v) is 22.1. The zero-order chi connectivity index (χ0) is 28.1. The Labute approximate surface area is 235 Å². The second-order valence-electron chi connectivity index (χ2n) is 10.1. The van der Waals surface area contributed by atoms with Gasteiger partial charge in [0.2, 0.25) is 11.8 Å². The van der Waals surface area contributed by atoms with Gasteiger partial charge < -0.3 is 4.90 Å². The highest BCUT2D eigenvalue weighted by molar-refractivity contribution is 6.30. The summed E-state index contributed by atoms with van der Waals surface area (Å²) in [6.07, 6.45) is 4.96. The number of hydrogen-bond donors (Lipinski definition) is 0. The molecule has 0 radical (unpaired) electrons. The van der Waals surface area contributed by atoms with Gasteiger partial charge in [-0.25, -0.2) is 4.90 Å². The molecule has 0 N–H and O–H groups in total. The van der Waals surface area contributed by atoms with E-state index in [1.807, 2.05) is 6.07 Å². The third-order valence-electron chi connectivity index (χ3n) is 7.78. The number of Topliss-reactive ketones (excluding diaryl/α,β-unsaturated/α-hetero) is 3. The highest BCUT2D eigenvalue weighted by atomic mass is 35.5. The molecule has 2 amide bonds. The molecule has 0 spiro atoms. The van der Waals surface area contributed by atoms with Crippen molar-refractivity contribution in [2.45, 2.75) is 19.0 Å². The minimum Gasteiger partial charge on any atom is -0.359 e. The van der Waals surface area contributed by atoms with E-state index >= 15 is 0 Å². The summed E-state index contributed by atoms with van der Waals surface area (Å²) in [5.74, 6) is -3.48. The van der Waals surface area contributed by atoms with Gasteiger partial charge in [0.05, 0.1) is 23.6 Å². The molecule has 4 atom stereocenters. The van der Waals surface area contributed by atoms with Crippen LogP contribution in [0.5, 0.6) is 0 Å². The van der Waals surface area contributed by atoms with E-state index < -0.39 is 35.7 Å². The molecule has 40 heavy (non-hydrogen) atoms. The van der Waals surface area contributed by atoms with Crippen molar-refractivity contribution in [2.75, 3.05) is 4.90 Å². The van der Waals surface area contributed by atoms with Gasteiger partial charge in [0.1, 0.15) is 6.04 Å². The Bertz CT molecular complexity index is 1630. The van der Waals surface area contributed by atoms with E-state index in [0.717, 1.165) is 4.90 Å². The summed E-state index contributed by atoms with van der Waals surface area (Å²) in [6, 6.07) is 19.8. The second kappa shape index (κ2) is 9.84. The fraction of sp³-hybridized carbons (Fsp3) is 0.156. The molecule has 0 aromatic heterocycles. The van der Waals surface area contributed by atoms with Crippen molar-refractivity contribution in [3.05, 3.63) is 125 Å². The number of ketones is 3. The summed E-state index contributed by atoms with van der Waals surface area (Å²) < 4.78 is 0. The first kappa shape index (κ1) is 25.6. The van der Waals surface area contributed by atoms with Crippen molar-refractivity contribution in [2.24, 2.45) is 11.8 Å². The molecule has 0 aliphatic carbocycles. The smallest absolute Gasteiger partial charge is 0.240 e. The first-order chi connectivity index (χ1) is 19.3.